The first-order chi connectivity index (χ1) is 18.9. The zero-order valence-electron chi connectivity index (χ0n) is 22.3. The summed E-state index contributed by atoms with van der Waals surface area (Å²) in [4.78, 5) is 16.5. The summed E-state index contributed by atoms with van der Waals surface area (Å²) in [6.07, 6.45) is 7.00. The average molecular weight is 530 g/mol. The molecule has 4 heterocycles. The molecule has 0 spiro atoms. The van der Waals surface area contributed by atoms with Gasteiger partial charge in [0.15, 0.2) is 5.65 Å². The maximum atomic E-state index is 11.6. The minimum atomic E-state index is -0.370. The number of fused-ring (bicyclic) bond motifs is 1. The van der Waals surface area contributed by atoms with Crippen LogP contribution in [0.1, 0.15) is 37.3 Å². The van der Waals surface area contributed by atoms with Gasteiger partial charge in [-0.05, 0) is 42.7 Å². The molecule has 0 bridgehead atoms. The van der Waals surface area contributed by atoms with Crippen LogP contribution in [0.2, 0.25) is 0 Å². The molecule has 3 aromatic heterocycles. The van der Waals surface area contributed by atoms with Crippen LogP contribution in [-0.2, 0) is 11.3 Å². The molecule has 1 aromatic carbocycles. The van der Waals surface area contributed by atoms with Gasteiger partial charge in [0.1, 0.15) is 11.6 Å². The second-order valence-corrected chi connectivity index (χ2v) is 10.1. The van der Waals surface area contributed by atoms with E-state index in [4.69, 9.17) is 4.98 Å². The van der Waals surface area contributed by atoms with Gasteiger partial charge >= 0.3 is 0 Å². The van der Waals surface area contributed by atoms with Gasteiger partial charge in [-0.15, -0.1) is 0 Å². The lowest BCUT2D eigenvalue weighted by molar-refractivity contribution is -0.111. The predicted octanol–water partition coefficient (Wildman–Crippen LogP) is 3.16. The van der Waals surface area contributed by atoms with E-state index in [0.717, 1.165) is 47.1 Å². The van der Waals surface area contributed by atoms with Crippen molar-refractivity contribution in [2.24, 2.45) is 5.92 Å². The molecule has 1 saturated heterocycles. The van der Waals surface area contributed by atoms with Crippen molar-refractivity contribution in [3.8, 4) is 5.69 Å². The number of β-amino-alcohol motifs (C(OH)–C–C–N with tert-alkyl or cyclic N) is 1. The van der Waals surface area contributed by atoms with Gasteiger partial charge in [0, 0.05) is 37.2 Å². The predicted molar refractivity (Wildman–Crippen MR) is 152 cm³/mol. The highest BCUT2D eigenvalue weighted by Gasteiger charge is 2.23. The van der Waals surface area contributed by atoms with E-state index in [1.54, 1.807) is 17.1 Å². The van der Waals surface area contributed by atoms with Crippen LogP contribution in [0.15, 0.2) is 61.6 Å². The van der Waals surface area contributed by atoms with Gasteiger partial charge in [-0.2, -0.15) is 14.7 Å². The summed E-state index contributed by atoms with van der Waals surface area (Å²) in [6, 6.07) is 9.97. The number of nitrogens with one attached hydrogen (secondary N) is 4. The molecule has 1 amide bonds. The van der Waals surface area contributed by atoms with Crippen LogP contribution >= 0.6 is 0 Å². The second kappa shape index (κ2) is 11.7. The Morgan fingerprint density at radius 2 is 2.13 bits per heavy atom. The third-order valence-corrected chi connectivity index (χ3v) is 6.94. The van der Waals surface area contributed by atoms with Crippen LogP contribution < -0.4 is 21.3 Å². The topological polar surface area (TPSA) is 133 Å². The van der Waals surface area contributed by atoms with Crippen LogP contribution in [0, 0.1) is 5.92 Å². The van der Waals surface area contributed by atoms with Gasteiger partial charge in [0.2, 0.25) is 5.91 Å². The number of hydrogen-bond acceptors (Lipinski definition) is 8. The van der Waals surface area contributed by atoms with Gasteiger partial charge in [-0.25, -0.2) is 9.67 Å². The minimum absolute atomic E-state index is 0.172. The molecular formula is C28H35N9O2. The first-order valence-corrected chi connectivity index (χ1v) is 13.2. The van der Waals surface area contributed by atoms with Crippen molar-refractivity contribution in [2.45, 2.75) is 38.8 Å². The van der Waals surface area contributed by atoms with Gasteiger partial charge in [-0.1, -0.05) is 32.6 Å². The Balaban J connectivity index is 1.35. The third-order valence-electron chi connectivity index (χ3n) is 6.94. The molecule has 1 aliphatic heterocycles. The Morgan fingerprint density at radius 1 is 1.26 bits per heavy atom. The van der Waals surface area contributed by atoms with E-state index in [-0.39, 0.29) is 23.8 Å². The molecule has 0 unspecified atom stereocenters. The molecule has 1 aliphatic rings. The number of amides is 1. The Labute approximate surface area is 227 Å². The van der Waals surface area contributed by atoms with Crippen molar-refractivity contribution < 1.29 is 9.90 Å². The number of nitrogens with zero attached hydrogens (tertiary/aromatic N) is 5. The summed E-state index contributed by atoms with van der Waals surface area (Å²) in [5.74, 6) is 1.73. The molecule has 0 radical (unpaired) electrons. The SMILES string of the molecule is C=CC(=O)Nc1cnn(-c2cccc(CNc3cc(NC[C@H]4CCNC[C@@H]4O)nc4c(C(C)C)cnn34)c2)c1. The number of benzene rings is 1. The van der Waals surface area contributed by atoms with E-state index in [0.29, 0.717) is 25.3 Å². The number of piperidine rings is 1. The lowest BCUT2D eigenvalue weighted by atomic mass is 9.95. The molecule has 39 heavy (non-hydrogen) atoms. The minimum Gasteiger partial charge on any atom is -0.391 e. The summed E-state index contributed by atoms with van der Waals surface area (Å²) in [7, 11) is 0. The number of rotatable bonds is 10. The monoisotopic (exact) mass is 529 g/mol. The fourth-order valence-corrected chi connectivity index (χ4v) is 4.70. The van der Waals surface area contributed by atoms with Crippen LogP contribution in [-0.4, -0.2) is 61.1 Å². The smallest absolute Gasteiger partial charge is 0.247 e. The van der Waals surface area contributed by atoms with Gasteiger partial charge < -0.3 is 26.4 Å². The number of carbonyl (C=O) groups is 1. The summed E-state index contributed by atoms with van der Waals surface area (Å²) >= 11 is 0. The van der Waals surface area contributed by atoms with Gasteiger partial charge in [0.05, 0.1) is 36.1 Å². The number of aliphatic hydroxyl groups excluding tert-OH is 1. The highest BCUT2D eigenvalue weighted by molar-refractivity contribution is 5.98. The molecule has 4 aromatic rings. The van der Waals surface area contributed by atoms with Crippen molar-refractivity contribution >= 4 is 28.9 Å². The molecule has 5 N–H and O–H groups in total. The zero-order chi connectivity index (χ0) is 27.4. The van der Waals surface area contributed by atoms with E-state index < -0.39 is 0 Å². The lowest BCUT2D eigenvalue weighted by Crippen LogP contribution is -2.43. The van der Waals surface area contributed by atoms with Crippen molar-refractivity contribution in [1.82, 2.24) is 29.7 Å². The summed E-state index contributed by atoms with van der Waals surface area (Å²) < 4.78 is 3.55. The largest absolute Gasteiger partial charge is 0.391 e. The Morgan fingerprint density at radius 3 is 2.92 bits per heavy atom. The molecule has 204 valence electrons. The molecule has 1 fully saturated rings. The molecule has 11 heteroatoms. The van der Waals surface area contributed by atoms with Crippen LogP contribution in [0.4, 0.5) is 17.3 Å². The Hall–Kier alpha value is -4.22. The number of carbonyl (C=O) groups excluding carboxylic acids is 1. The highest BCUT2D eigenvalue weighted by atomic mass is 16.3. The fourth-order valence-electron chi connectivity index (χ4n) is 4.70. The molecule has 0 saturated carbocycles. The molecule has 5 rings (SSSR count). The summed E-state index contributed by atoms with van der Waals surface area (Å²) in [5, 5.41) is 32.2. The highest BCUT2D eigenvalue weighted by Crippen LogP contribution is 2.25. The van der Waals surface area contributed by atoms with Gasteiger partial charge in [-0.3, -0.25) is 4.79 Å². The van der Waals surface area contributed by atoms with Gasteiger partial charge in [0.25, 0.3) is 0 Å². The number of anilines is 3. The second-order valence-electron chi connectivity index (χ2n) is 10.1. The molecule has 2 atom stereocenters. The summed E-state index contributed by atoms with van der Waals surface area (Å²) in [5.41, 5.74) is 4.40. The van der Waals surface area contributed by atoms with Crippen molar-refractivity contribution in [3.63, 3.8) is 0 Å². The van der Waals surface area contributed by atoms with E-state index >= 15 is 0 Å². The normalized spacial score (nSPS) is 17.3. The van der Waals surface area contributed by atoms with Crippen LogP contribution in [0.5, 0.6) is 0 Å². The lowest BCUT2D eigenvalue weighted by Gasteiger charge is -2.28. The first-order valence-electron chi connectivity index (χ1n) is 13.2. The number of aliphatic hydroxyl groups is 1. The Bertz CT molecular complexity index is 1460. The Kier molecular flexibility index (Phi) is 7.89. The summed E-state index contributed by atoms with van der Waals surface area (Å²) in [6.45, 7) is 10.5. The quantitative estimate of drug-likeness (QED) is 0.198. The maximum absolute atomic E-state index is 11.6. The van der Waals surface area contributed by atoms with Crippen molar-refractivity contribution in [3.05, 3.63) is 72.7 Å². The van der Waals surface area contributed by atoms with Crippen molar-refractivity contribution in [1.29, 1.82) is 0 Å². The fraction of sp³-hybridized carbons (Fsp3) is 0.357. The zero-order valence-corrected chi connectivity index (χ0v) is 22.3. The average Bonchev–Trinajstić information content (AvgIpc) is 3.59. The molecule has 0 aliphatic carbocycles. The molecule has 11 nitrogen and oxygen atoms in total. The maximum Gasteiger partial charge on any atom is 0.247 e. The van der Waals surface area contributed by atoms with E-state index in [1.165, 1.54) is 6.08 Å². The number of aromatic nitrogens is 5. The van der Waals surface area contributed by atoms with Crippen molar-refractivity contribution in [2.75, 3.05) is 35.6 Å². The van der Waals surface area contributed by atoms with E-state index in [2.05, 4.69) is 51.9 Å². The third kappa shape index (κ3) is 6.10. The van der Waals surface area contributed by atoms with Crippen LogP contribution in [0.3, 0.4) is 0 Å². The van der Waals surface area contributed by atoms with E-state index in [1.807, 2.05) is 41.0 Å². The van der Waals surface area contributed by atoms with E-state index in [9.17, 15) is 9.90 Å². The standard InChI is InChI=1S/C28H35N9O2/c1-4-27(39)34-21-14-32-36(17-21)22-7-5-6-19(10-22)12-31-26-11-25(30-13-20-8-9-29-16-24(20)38)35-28-23(18(2)3)15-33-37(26)28/h4-7,10-11,14-15,17-18,20,24,29,31,38H,1,8-9,12-13,16H2,2-3H3,(H,30,35)(H,34,39)/t20-,24+/m1/s1. The first kappa shape index (κ1) is 26.4. The van der Waals surface area contributed by atoms with Crippen LogP contribution in [0.25, 0.3) is 11.3 Å². The number of hydrogen-bond donors (Lipinski definition) is 5. The molecular weight excluding hydrogens is 494 g/mol.